The summed E-state index contributed by atoms with van der Waals surface area (Å²) in [6.45, 7) is 3.03. The number of halogens is 4. The molecule has 32 nitrogen and oxygen atoms in total. The van der Waals surface area contributed by atoms with E-state index in [1.165, 1.54) is 80.5 Å². The Hall–Kier alpha value is -7.49. The first-order valence-corrected chi connectivity index (χ1v) is 26.6. The van der Waals surface area contributed by atoms with E-state index in [4.69, 9.17) is 61.8 Å². The van der Waals surface area contributed by atoms with E-state index in [9.17, 15) is 75.3 Å². The number of sulfonamides is 2. The molecule has 7 rings (SSSR count). The number of aromatic nitrogens is 5. The number of imide groups is 1. The van der Waals surface area contributed by atoms with Crippen LogP contribution < -0.4 is 22.2 Å². The number of primary sulfonamides is 2. The molecule has 5 aromatic heterocycles. The van der Waals surface area contributed by atoms with E-state index in [2.05, 4.69) is 24.9 Å². The first-order valence-electron chi connectivity index (χ1n) is 19.2. The summed E-state index contributed by atoms with van der Waals surface area (Å²) in [5.74, 6) is 0.165. The van der Waals surface area contributed by atoms with Gasteiger partial charge in [-0.15, -0.1) is 0 Å². The Morgan fingerprint density at radius 1 is 0.597 bits per heavy atom. The number of amides is 3. The summed E-state index contributed by atoms with van der Waals surface area (Å²) in [5.41, 5.74) is 4.08. The number of hydrogen-bond acceptors (Lipinski definition) is 24. The molecule has 11 N–H and O–H groups in total. The fourth-order valence-electron chi connectivity index (χ4n) is 4.69. The molecule has 1 aromatic carbocycles. The first-order chi connectivity index (χ1) is 34.7. The summed E-state index contributed by atoms with van der Waals surface area (Å²) >= 11 is 17.5. The van der Waals surface area contributed by atoms with Gasteiger partial charge in [0.05, 0.1) is 25.4 Å². The molecule has 0 unspecified atom stereocenters. The molecule has 1 aliphatic rings. The molecule has 6 aromatic rings. The fraction of sp³-hybridized carbons (Fsp3) is 0.108. The summed E-state index contributed by atoms with van der Waals surface area (Å²) in [6, 6.07) is 22.4. The number of benzene rings is 1. The van der Waals surface area contributed by atoms with Crippen LogP contribution in [0.5, 0.6) is 0 Å². The van der Waals surface area contributed by atoms with Gasteiger partial charge in [0.25, 0.3) is 35.0 Å². The highest BCUT2D eigenvalue weighted by Gasteiger charge is 2.51. The van der Waals surface area contributed by atoms with Crippen LogP contribution in [0.2, 0.25) is 5.15 Å². The minimum absolute atomic E-state index is 0. The topological polar surface area (TPSA) is 525 Å². The maximum Gasteiger partial charge on any atom is 0.357 e. The molecule has 0 atom stereocenters. The third-order valence-electron chi connectivity index (χ3n) is 8.10. The highest BCUT2D eigenvalue weighted by molar-refractivity contribution is 8.13. The third kappa shape index (κ3) is 21.6. The highest BCUT2D eigenvalue weighted by Crippen LogP contribution is 2.31. The van der Waals surface area contributed by atoms with Gasteiger partial charge in [0, 0.05) is 95.2 Å². The van der Waals surface area contributed by atoms with Crippen LogP contribution >= 0.6 is 57.6 Å². The SMILES string of the molecule is CC1(C)C(=O)N(Cl)C(=O)N1Cl.N.NS(=O)(=O)c1ncccc1[N+](=O)[O-].Nc1cccnc1S(N)(=O)=O.O.O=[N+]([O-])c1cccnc1Cl.O=[N+]([O-])c1cccnc1S(=O)(=O)Cl.O=[N+]([O-])c1cccnc1SCc1ccccc1. The molecular formula is C37H39Cl4N15O17S4. The lowest BCUT2D eigenvalue weighted by atomic mass is 10.1. The Labute approximate surface area is 458 Å². The van der Waals surface area contributed by atoms with E-state index in [-0.39, 0.29) is 38.9 Å². The molecule has 40 heteroatoms. The van der Waals surface area contributed by atoms with Crippen LogP contribution in [-0.2, 0) is 39.6 Å². The molecule has 0 bridgehead atoms. The quantitative estimate of drug-likeness (QED) is 0.0251. The lowest BCUT2D eigenvalue weighted by Crippen LogP contribution is -2.38. The summed E-state index contributed by atoms with van der Waals surface area (Å²) < 4.78 is 65.7. The largest absolute Gasteiger partial charge is 0.412 e. The van der Waals surface area contributed by atoms with Crippen LogP contribution in [0.15, 0.2) is 142 Å². The third-order valence-corrected chi connectivity index (χ3v) is 13.3. The lowest BCUT2D eigenvalue weighted by Gasteiger charge is -2.18. The molecule has 0 saturated carbocycles. The van der Waals surface area contributed by atoms with E-state index in [1.807, 2.05) is 30.3 Å². The second-order valence-corrected chi connectivity index (χ2v) is 21.2. The summed E-state index contributed by atoms with van der Waals surface area (Å²) in [6.07, 6.45) is 6.51. The van der Waals surface area contributed by atoms with Crippen LogP contribution in [0, 0.1) is 40.5 Å². The molecule has 1 fully saturated rings. The molecular weight excluding hydrogens is 1200 g/mol. The van der Waals surface area contributed by atoms with E-state index >= 15 is 0 Å². The maximum absolute atomic E-state index is 11.1. The van der Waals surface area contributed by atoms with Gasteiger partial charge in [-0.25, -0.2) is 69.7 Å². The normalized spacial score (nSPS) is 12.2. The minimum Gasteiger partial charge on any atom is -0.412 e. The molecule has 1 aliphatic heterocycles. The van der Waals surface area contributed by atoms with Crippen molar-refractivity contribution in [1.29, 1.82) is 0 Å². The minimum atomic E-state index is -4.16. The molecule has 1 saturated heterocycles. The van der Waals surface area contributed by atoms with Gasteiger partial charge in [-0.05, 0) is 55.8 Å². The van der Waals surface area contributed by atoms with Gasteiger partial charge in [-0.3, -0.25) is 45.3 Å². The number of nitrogens with two attached hydrogens (primary N) is 3. The Morgan fingerprint density at radius 2 is 0.987 bits per heavy atom. The molecule has 6 heterocycles. The van der Waals surface area contributed by atoms with Crippen molar-refractivity contribution in [2.24, 2.45) is 10.3 Å². The molecule has 3 amide bonds. The van der Waals surface area contributed by atoms with Crippen LogP contribution in [0.25, 0.3) is 0 Å². The molecule has 0 spiro atoms. The number of pyridine rings is 5. The van der Waals surface area contributed by atoms with Gasteiger partial charge >= 0.3 is 28.8 Å². The van der Waals surface area contributed by atoms with Crippen molar-refractivity contribution < 1.29 is 60.0 Å². The van der Waals surface area contributed by atoms with Crippen molar-refractivity contribution in [2.45, 2.75) is 45.2 Å². The van der Waals surface area contributed by atoms with Gasteiger partial charge in [0.15, 0.2) is 10.1 Å². The number of carbonyl (C=O) groups is 2. The molecule has 0 radical (unpaired) electrons. The van der Waals surface area contributed by atoms with Crippen LogP contribution in [0.1, 0.15) is 19.4 Å². The van der Waals surface area contributed by atoms with Crippen molar-refractivity contribution >= 4 is 127 Å². The van der Waals surface area contributed by atoms with Crippen LogP contribution in [0.4, 0.5) is 33.2 Å². The number of thioether (sulfide) groups is 1. The van der Waals surface area contributed by atoms with Crippen molar-refractivity contribution in [3.05, 3.63) is 173 Å². The standard InChI is InChI=1S/C12H10N2O2S.C5H6Cl2N2O2.C5H3ClN2O4S.C5H3ClN2O2.C5H5N3O4S.C5H7N3O2S.H3N.H2O/c15-14(16)11-7-4-8-13-12(11)17-9-10-5-2-1-3-6-10;1-5(2)3(10)8(6)4(11)9(5)7;6-13(11,12)5-4(8(9)10)2-1-3-7-5;6-5-4(8(9)10)2-1-3-7-5;6-13(11,12)5-4(8(9)10)2-1-3-7-5;6-4-2-1-3-8-5(4)11(7,9)10;;/h1-8H,9H2;1-2H3;1-3H;1-3H;1-3H,(H2,6,11,12);1-3H,6H2,(H2,7,9,10);1H3;1H2. The molecule has 77 heavy (non-hydrogen) atoms. The Balaban J connectivity index is 0.000000904. The lowest BCUT2D eigenvalue weighted by molar-refractivity contribution is -0.388. The average Bonchev–Trinajstić information content (AvgIpc) is 3.48. The number of rotatable bonds is 10. The molecule has 416 valence electrons. The highest BCUT2D eigenvalue weighted by atomic mass is 35.7. The van der Waals surface area contributed by atoms with Gasteiger partial charge in [-0.2, -0.15) is 4.42 Å². The monoisotopic (exact) mass is 1230 g/mol. The number of nitro groups is 4. The van der Waals surface area contributed by atoms with Crippen molar-refractivity contribution in [3.8, 4) is 0 Å². The smallest absolute Gasteiger partial charge is 0.357 e. The van der Waals surface area contributed by atoms with Gasteiger partial charge in [0.2, 0.25) is 15.2 Å². The fourth-order valence-corrected chi connectivity index (χ4v) is 8.45. The van der Waals surface area contributed by atoms with Crippen LogP contribution in [-0.4, -0.2) is 102 Å². The number of anilines is 1. The Bertz CT molecular complexity index is 3310. The summed E-state index contributed by atoms with van der Waals surface area (Å²) in [4.78, 5) is 78.5. The first kappa shape index (κ1) is 69.5. The maximum atomic E-state index is 11.1. The number of nitrogens with zero attached hydrogens (tertiary/aromatic N) is 11. The van der Waals surface area contributed by atoms with Gasteiger partial charge in [0.1, 0.15) is 5.54 Å². The number of urea groups is 1. The number of carbonyl (C=O) groups excluding carboxylic acids is 2. The predicted octanol–water partition coefficient (Wildman–Crippen LogP) is 5.47. The van der Waals surface area contributed by atoms with Crippen molar-refractivity contribution in [3.63, 3.8) is 0 Å². The second-order valence-electron chi connectivity index (χ2n) is 13.7. The Kier molecular flexibility index (Phi) is 27.9. The Morgan fingerprint density at radius 3 is 1.31 bits per heavy atom. The summed E-state index contributed by atoms with van der Waals surface area (Å²) in [5, 5.41) is 49.6. The van der Waals surface area contributed by atoms with Gasteiger partial charge in [-0.1, -0.05) is 53.7 Å². The van der Waals surface area contributed by atoms with E-state index in [0.717, 1.165) is 34.5 Å². The van der Waals surface area contributed by atoms with Crippen molar-refractivity contribution in [1.82, 2.24) is 39.9 Å². The van der Waals surface area contributed by atoms with Crippen molar-refractivity contribution in [2.75, 3.05) is 5.73 Å². The molecule has 0 aliphatic carbocycles. The number of hydrogen-bond donors (Lipinski definition) is 4. The van der Waals surface area contributed by atoms with Crippen LogP contribution in [0.3, 0.4) is 0 Å². The second kappa shape index (κ2) is 30.9. The van der Waals surface area contributed by atoms with E-state index in [0.29, 0.717) is 15.2 Å². The van der Waals surface area contributed by atoms with E-state index < -0.39 is 87.7 Å². The summed E-state index contributed by atoms with van der Waals surface area (Å²) in [7, 11) is -7.15. The zero-order valence-corrected chi connectivity index (χ0v) is 45.1. The zero-order valence-electron chi connectivity index (χ0n) is 38.8. The predicted molar refractivity (Wildman–Crippen MR) is 278 cm³/mol. The zero-order chi connectivity index (χ0) is 57.1. The average molecular weight is 1240 g/mol. The number of nitrogen functional groups attached to an aromatic ring is 1. The van der Waals surface area contributed by atoms with Gasteiger partial charge < -0.3 is 17.4 Å². The van der Waals surface area contributed by atoms with E-state index in [1.54, 1.807) is 12.3 Å².